The van der Waals surface area contributed by atoms with Crippen LogP contribution in [-0.2, 0) is 0 Å². The normalized spacial score (nSPS) is 43.2. The summed E-state index contributed by atoms with van der Waals surface area (Å²) in [4.78, 5) is 0. The Morgan fingerprint density at radius 2 is 1.65 bits per heavy atom. The Balaban J connectivity index is 1.73. The lowest BCUT2D eigenvalue weighted by molar-refractivity contribution is -0.0117. The number of aromatic nitrogens is 1. The number of nitrogens with two attached hydrogens (primary N) is 1. The van der Waals surface area contributed by atoms with Gasteiger partial charge < -0.3 is 10.3 Å². The molecule has 5 rings (SSSR count). The minimum absolute atomic E-state index is 0.578. The van der Waals surface area contributed by atoms with Gasteiger partial charge >= 0.3 is 0 Å². The van der Waals surface area contributed by atoms with Crippen LogP contribution in [0.2, 0.25) is 0 Å². The Bertz CT molecular complexity index is 428. The molecule has 0 atom stereocenters. The van der Waals surface area contributed by atoms with Gasteiger partial charge in [0.1, 0.15) is 0 Å². The first kappa shape index (κ1) is 10.6. The van der Waals surface area contributed by atoms with E-state index in [2.05, 4.69) is 27.7 Å². The monoisotopic (exact) mass is 344 g/mol. The van der Waals surface area contributed by atoms with E-state index in [0.717, 1.165) is 33.0 Å². The van der Waals surface area contributed by atoms with E-state index in [9.17, 15) is 0 Å². The zero-order chi connectivity index (χ0) is 11.6. The molecule has 1 aromatic heterocycles. The minimum Gasteiger partial charge on any atom is -0.380 e. The third-order valence-electron chi connectivity index (χ3n) is 5.21. The summed E-state index contributed by atoms with van der Waals surface area (Å²) < 4.78 is 6.61. The molecule has 17 heavy (non-hydrogen) atoms. The molecule has 0 radical (unpaired) electrons. The Morgan fingerprint density at radius 3 is 2.12 bits per heavy atom. The SMILES string of the molecule is Nc1noc(C2C3CC4CC(C3)CC2C4)c1I. The predicted molar refractivity (Wildman–Crippen MR) is 73.4 cm³/mol. The average molecular weight is 344 g/mol. The summed E-state index contributed by atoms with van der Waals surface area (Å²) in [5.74, 6) is 5.98. The molecule has 4 saturated carbocycles. The van der Waals surface area contributed by atoms with E-state index < -0.39 is 0 Å². The molecule has 1 aromatic rings. The molecule has 4 heteroatoms. The lowest BCUT2D eigenvalue weighted by Crippen LogP contribution is -2.43. The molecular formula is C13H17IN2O. The highest BCUT2D eigenvalue weighted by Crippen LogP contribution is 2.60. The second-order valence-corrected chi connectivity index (χ2v) is 7.28. The van der Waals surface area contributed by atoms with Gasteiger partial charge in [-0.1, -0.05) is 5.16 Å². The van der Waals surface area contributed by atoms with Crippen LogP contribution >= 0.6 is 22.6 Å². The smallest absolute Gasteiger partial charge is 0.180 e. The molecule has 0 amide bonds. The molecule has 1 heterocycles. The summed E-state index contributed by atoms with van der Waals surface area (Å²) in [5, 5.41) is 3.94. The maximum Gasteiger partial charge on any atom is 0.180 e. The second-order valence-electron chi connectivity index (χ2n) is 6.20. The summed E-state index contributed by atoms with van der Waals surface area (Å²) in [7, 11) is 0. The lowest BCUT2D eigenvalue weighted by atomic mass is 9.51. The first-order valence-electron chi connectivity index (χ1n) is 6.63. The fourth-order valence-electron chi connectivity index (χ4n) is 4.87. The van der Waals surface area contributed by atoms with E-state index in [4.69, 9.17) is 10.3 Å². The van der Waals surface area contributed by atoms with Crippen LogP contribution in [0.4, 0.5) is 5.82 Å². The molecule has 4 aliphatic rings. The quantitative estimate of drug-likeness (QED) is 0.795. The van der Waals surface area contributed by atoms with Gasteiger partial charge in [0, 0.05) is 5.92 Å². The van der Waals surface area contributed by atoms with E-state index in [1.54, 1.807) is 0 Å². The average Bonchev–Trinajstić information content (AvgIpc) is 2.60. The maximum absolute atomic E-state index is 5.82. The summed E-state index contributed by atoms with van der Waals surface area (Å²) in [6, 6.07) is 0. The fraction of sp³-hybridized carbons (Fsp3) is 0.769. The highest BCUT2D eigenvalue weighted by atomic mass is 127. The van der Waals surface area contributed by atoms with Crippen LogP contribution in [0.3, 0.4) is 0 Å². The van der Waals surface area contributed by atoms with Crippen LogP contribution in [0, 0.1) is 27.2 Å². The molecule has 0 spiro atoms. The molecule has 4 aliphatic carbocycles. The molecule has 3 nitrogen and oxygen atoms in total. The topological polar surface area (TPSA) is 52.0 Å². The van der Waals surface area contributed by atoms with Crippen molar-refractivity contribution in [1.29, 1.82) is 0 Å². The van der Waals surface area contributed by atoms with Crippen molar-refractivity contribution in [1.82, 2.24) is 5.16 Å². The van der Waals surface area contributed by atoms with Crippen molar-refractivity contribution in [2.24, 2.45) is 23.7 Å². The predicted octanol–water partition coefficient (Wildman–Crippen LogP) is 3.40. The Hall–Kier alpha value is -0.260. The van der Waals surface area contributed by atoms with Gasteiger partial charge in [-0.25, -0.2) is 0 Å². The van der Waals surface area contributed by atoms with Crippen LogP contribution in [0.1, 0.15) is 43.8 Å². The molecule has 0 aliphatic heterocycles. The summed E-state index contributed by atoms with van der Waals surface area (Å²) in [6.07, 6.45) is 7.14. The van der Waals surface area contributed by atoms with Crippen molar-refractivity contribution in [2.45, 2.75) is 38.0 Å². The summed E-state index contributed by atoms with van der Waals surface area (Å²) in [5.41, 5.74) is 5.82. The molecule has 2 N–H and O–H groups in total. The van der Waals surface area contributed by atoms with Gasteiger partial charge in [0.25, 0.3) is 0 Å². The van der Waals surface area contributed by atoms with Crippen molar-refractivity contribution in [3.05, 3.63) is 9.33 Å². The minimum atomic E-state index is 0.578. The molecule has 0 saturated heterocycles. The largest absolute Gasteiger partial charge is 0.380 e. The zero-order valence-corrected chi connectivity index (χ0v) is 11.9. The van der Waals surface area contributed by atoms with Crippen LogP contribution < -0.4 is 5.73 Å². The third kappa shape index (κ3) is 1.48. The van der Waals surface area contributed by atoms with Gasteiger partial charge in [0.2, 0.25) is 0 Å². The van der Waals surface area contributed by atoms with Gasteiger partial charge in [-0.3, -0.25) is 0 Å². The number of nitrogen functional groups attached to an aromatic ring is 1. The van der Waals surface area contributed by atoms with Crippen molar-refractivity contribution in [3.63, 3.8) is 0 Å². The molecule has 92 valence electrons. The summed E-state index contributed by atoms with van der Waals surface area (Å²) in [6.45, 7) is 0. The van der Waals surface area contributed by atoms with E-state index in [0.29, 0.717) is 11.7 Å². The lowest BCUT2D eigenvalue weighted by Gasteiger charge is -2.53. The van der Waals surface area contributed by atoms with E-state index in [1.807, 2.05) is 0 Å². The Kier molecular flexibility index (Phi) is 2.27. The number of halogens is 1. The van der Waals surface area contributed by atoms with Crippen LogP contribution in [0.25, 0.3) is 0 Å². The van der Waals surface area contributed by atoms with Crippen molar-refractivity contribution in [3.8, 4) is 0 Å². The number of hydrogen-bond donors (Lipinski definition) is 1. The molecule has 4 bridgehead atoms. The first-order valence-corrected chi connectivity index (χ1v) is 7.70. The number of hydrogen-bond acceptors (Lipinski definition) is 3. The zero-order valence-electron chi connectivity index (χ0n) is 9.73. The van der Waals surface area contributed by atoms with Gasteiger partial charge in [-0.15, -0.1) is 0 Å². The molecule has 0 unspecified atom stereocenters. The van der Waals surface area contributed by atoms with Crippen LogP contribution in [0.5, 0.6) is 0 Å². The summed E-state index contributed by atoms with van der Waals surface area (Å²) >= 11 is 2.30. The van der Waals surface area contributed by atoms with Gasteiger partial charge in [-0.2, -0.15) is 0 Å². The van der Waals surface area contributed by atoms with E-state index in [1.165, 1.54) is 32.1 Å². The van der Waals surface area contributed by atoms with Gasteiger partial charge in [-0.05, 0) is 78.4 Å². The second kappa shape index (κ2) is 3.62. The van der Waals surface area contributed by atoms with Crippen molar-refractivity contribution < 1.29 is 4.52 Å². The first-order chi connectivity index (χ1) is 8.22. The highest BCUT2D eigenvalue weighted by molar-refractivity contribution is 14.1. The van der Waals surface area contributed by atoms with E-state index >= 15 is 0 Å². The van der Waals surface area contributed by atoms with Crippen LogP contribution in [0.15, 0.2) is 4.52 Å². The van der Waals surface area contributed by atoms with E-state index in [-0.39, 0.29) is 0 Å². The Morgan fingerprint density at radius 1 is 1.06 bits per heavy atom. The number of rotatable bonds is 1. The van der Waals surface area contributed by atoms with Gasteiger partial charge in [0.15, 0.2) is 11.6 Å². The van der Waals surface area contributed by atoms with Gasteiger partial charge in [0.05, 0.1) is 3.57 Å². The standard InChI is InChI=1S/C13H17IN2O/c14-11-12(17-16-13(11)15)10-8-2-6-1-7(4-8)5-9(10)3-6/h6-10H,1-5H2,(H2,15,16). The Labute approximate surface area is 115 Å². The van der Waals surface area contributed by atoms with Crippen LogP contribution in [-0.4, -0.2) is 5.16 Å². The van der Waals surface area contributed by atoms with Crippen molar-refractivity contribution in [2.75, 3.05) is 5.73 Å². The maximum atomic E-state index is 5.82. The van der Waals surface area contributed by atoms with Crippen molar-refractivity contribution >= 4 is 28.4 Å². The fourth-order valence-corrected chi connectivity index (χ4v) is 5.42. The molecule has 0 aromatic carbocycles. The number of anilines is 1. The number of nitrogens with zero attached hydrogens (tertiary/aromatic N) is 1. The third-order valence-corrected chi connectivity index (χ3v) is 6.30. The highest BCUT2D eigenvalue weighted by Gasteiger charge is 2.50. The molecule has 4 fully saturated rings. The molecular weight excluding hydrogens is 327 g/mol.